The highest BCUT2D eigenvalue weighted by molar-refractivity contribution is 5.68. The molecule has 1 atom stereocenters. The predicted octanol–water partition coefficient (Wildman–Crippen LogP) is 2.04. The third-order valence-corrected chi connectivity index (χ3v) is 2.58. The van der Waals surface area contributed by atoms with Gasteiger partial charge in [0.25, 0.3) is 0 Å². The molecule has 0 aliphatic heterocycles. The predicted molar refractivity (Wildman–Crippen MR) is 66.2 cm³/mol. The van der Waals surface area contributed by atoms with Crippen molar-refractivity contribution in [3.05, 3.63) is 29.8 Å². The van der Waals surface area contributed by atoms with Crippen molar-refractivity contribution in [3.63, 3.8) is 0 Å². The Labute approximate surface area is 102 Å². The van der Waals surface area contributed by atoms with Crippen LogP contribution in [0.2, 0.25) is 0 Å². The maximum atomic E-state index is 10.5. The molecule has 0 unspecified atom stereocenters. The van der Waals surface area contributed by atoms with Gasteiger partial charge in [-0.1, -0.05) is 25.1 Å². The largest absolute Gasteiger partial charge is 0.482 e. The van der Waals surface area contributed by atoms with Crippen molar-refractivity contribution in [2.45, 2.75) is 32.9 Å². The average Bonchev–Trinajstić information content (AvgIpc) is 2.34. The van der Waals surface area contributed by atoms with E-state index in [1.807, 2.05) is 18.2 Å². The molecule has 0 amide bonds. The fourth-order valence-electron chi connectivity index (χ4n) is 1.36. The molecule has 1 aromatic carbocycles. The van der Waals surface area contributed by atoms with E-state index in [4.69, 9.17) is 9.84 Å². The van der Waals surface area contributed by atoms with Crippen LogP contribution < -0.4 is 10.1 Å². The minimum Gasteiger partial charge on any atom is -0.482 e. The molecule has 0 fully saturated rings. The van der Waals surface area contributed by atoms with Crippen LogP contribution in [0.5, 0.6) is 5.75 Å². The van der Waals surface area contributed by atoms with Gasteiger partial charge in [0.15, 0.2) is 6.61 Å². The summed E-state index contributed by atoms with van der Waals surface area (Å²) in [6.45, 7) is 4.61. The molecule has 2 N–H and O–H groups in total. The van der Waals surface area contributed by atoms with Crippen LogP contribution in [0.15, 0.2) is 24.3 Å². The molecule has 17 heavy (non-hydrogen) atoms. The molecule has 1 aromatic rings. The summed E-state index contributed by atoms with van der Waals surface area (Å²) in [6, 6.07) is 7.91. The van der Waals surface area contributed by atoms with E-state index in [1.165, 1.54) is 0 Å². The van der Waals surface area contributed by atoms with Crippen LogP contribution in [0, 0.1) is 0 Å². The van der Waals surface area contributed by atoms with E-state index in [0.717, 1.165) is 12.0 Å². The van der Waals surface area contributed by atoms with Gasteiger partial charge < -0.3 is 15.2 Å². The molecule has 94 valence electrons. The Kier molecular flexibility index (Phi) is 5.49. The van der Waals surface area contributed by atoms with Gasteiger partial charge in [-0.2, -0.15) is 0 Å². The Morgan fingerprint density at radius 3 is 2.82 bits per heavy atom. The van der Waals surface area contributed by atoms with Crippen molar-refractivity contribution < 1.29 is 14.6 Å². The summed E-state index contributed by atoms with van der Waals surface area (Å²) < 4.78 is 5.22. The van der Waals surface area contributed by atoms with E-state index < -0.39 is 5.97 Å². The Bertz CT molecular complexity index is 365. The molecule has 0 aliphatic rings. The minimum atomic E-state index is -0.963. The van der Waals surface area contributed by atoms with Crippen LogP contribution in [-0.2, 0) is 11.3 Å². The minimum absolute atomic E-state index is 0.305. The molecule has 0 aliphatic carbocycles. The first-order chi connectivity index (χ1) is 8.13. The zero-order chi connectivity index (χ0) is 12.7. The number of nitrogens with one attached hydrogen (secondary N) is 1. The quantitative estimate of drug-likeness (QED) is 0.762. The van der Waals surface area contributed by atoms with Crippen molar-refractivity contribution >= 4 is 5.97 Å². The lowest BCUT2D eigenvalue weighted by molar-refractivity contribution is -0.139. The number of ether oxygens (including phenoxy) is 1. The number of rotatable bonds is 7. The lowest BCUT2D eigenvalue weighted by Gasteiger charge is -2.14. The molecule has 0 spiro atoms. The van der Waals surface area contributed by atoms with Gasteiger partial charge in [0.2, 0.25) is 0 Å². The number of carboxylic acid groups (broad SMARTS) is 1. The number of hydrogen-bond donors (Lipinski definition) is 2. The van der Waals surface area contributed by atoms with E-state index in [-0.39, 0.29) is 6.61 Å². The number of carbonyl (C=O) groups is 1. The number of para-hydroxylation sites is 1. The van der Waals surface area contributed by atoms with Crippen LogP contribution in [0.1, 0.15) is 25.8 Å². The normalized spacial score (nSPS) is 12.1. The van der Waals surface area contributed by atoms with Crippen molar-refractivity contribution in [1.82, 2.24) is 5.32 Å². The molecule has 0 radical (unpaired) electrons. The van der Waals surface area contributed by atoms with Gasteiger partial charge in [0, 0.05) is 18.2 Å². The molecule has 4 nitrogen and oxygen atoms in total. The molecule has 1 rings (SSSR count). The van der Waals surface area contributed by atoms with E-state index in [0.29, 0.717) is 18.3 Å². The van der Waals surface area contributed by atoms with Gasteiger partial charge in [-0.05, 0) is 19.4 Å². The summed E-state index contributed by atoms with van der Waals surface area (Å²) in [5.41, 5.74) is 0.981. The topological polar surface area (TPSA) is 58.6 Å². The SMILES string of the molecule is CC[C@H](C)NCc1ccccc1OCC(=O)O. The van der Waals surface area contributed by atoms with Crippen molar-refractivity contribution in [3.8, 4) is 5.75 Å². The molecule has 0 saturated heterocycles. The molecular formula is C13H19NO3. The summed E-state index contributed by atoms with van der Waals surface area (Å²) in [6.07, 6.45) is 1.05. The zero-order valence-corrected chi connectivity index (χ0v) is 10.3. The van der Waals surface area contributed by atoms with E-state index in [9.17, 15) is 4.79 Å². The van der Waals surface area contributed by atoms with Gasteiger partial charge in [0.05, 0.1) is 0 Å². The summed E-state index contributed by atoms with van der Waals surface area (Å²) in [7, 11) is 0. The highest BCUT2D eigenvalue weighted by Crippen LogP contribution is 2.17. The highest BCUT2D eigenvalue weighted by Gasteiger charge is 2.06. The molecule has 0 bridgehead atoms. The lowest BCUT2D eigenvalue weighted by atomic mass is 10.2. The van der Waals surface area contributed by atoms with Crippen molar-refractivity contribution in [1.29, 1.82) is 0 Å². The molecule has 4 heteroatoms. The third-order valence-electron chi connectivity index (χ3n) is 2.58. The van der Waals surface area contributed by atoms with Gasteiger partial charge >= 0.3 is 5.97 Å². The molecule has 0 heterocycles. The number of carboxylic acids is 1. The zero-order valence-electron chi connectivity index (χ0n) is 10.3. The van der Waals surface area contributed by atoms with Crippen LogP contribution in [0.3, 0.4) is 0 Å². The van der Waals surface area contributed by atoms with Crippen LogP contribution in [0.25, 0.3) is 0 Å². The molecule has 0 saturated carbocycles. The summed E-state index contributed by atoms with van der Waals surface area (Å²) in [4.78, 5) is 10.5. The van der Waals surface area contributed by atoms with E-state index in [2.05, 4.69) is 19.2 Å². The van der Waals surface area contributed by atoms with E-state index in [1.54, 1.807) is 6.07 Å². The Morgan fingerprint density at radius 2 is 2.18 bits per heavy atom. The first-order valence-electron chi connectivity index (χ1n) is 5.79. The fourth-order valence-corrected chi connectivity index (χ4v) is 1.36. The first-order valence-corrected chi connectivity index (χ1v) is 5.79. The lowest BCUT2D eigenvalue weighted by Crippen LogP contribution is -2.24. The second-order valence-corrected chi connectivity index (χ2v) is 3.98. The molecular weight excluding hydrogens is 218 g/mol. The van der Waals surface area contributed by atoms with Crippen LogP contribution >= 0.6 is 0 Å². The van der Waals surface area contributed by atoms with Crippen LogP contribution in [0.4, 0.5) is 0 Å². The smallest absolute Gasteiger partial charge is 0.341 e. The number of aliphatic carboxylic acids is 1. The Morgan fingerprint density at radius 1 is 1.47 bits per heavy atom. The second-order valence-electron chi connectivity index (χ2n) is 3.98. The van der Waals surface area contributed by atoms with Gasteiger partial charge in [-0.3, -0.25) is 0 Å². The van der Waals surface area contributed by atoms with E-state index >= 15 is 0 Å². The Hall–Kier alpha value is -1.55. The summed E-state index contributed by atoms with van der Waals surface area (Å²) in [5.74, 6) is -0.333. The standard InChI is InChI=1S/C13H19NO3/c1-3-10(2)14-8-11-6-4-5-7-12(11)17-9-13(15)16/h4-7,10,14H,3,8-9H2,1-2H3,(H,15,16)/t10-/m0/s1. The van der Waals surface area contributed by atoms with Crippen molar-refractivity contribution in [2.75, 3.05) is 6.61 Å². The van der Waals surface area contributed by atoms with Gasteiger partial charge in [0.1, 0.15) is 5.75 Å². The number of hydrogen-bond acceptors (Lipinski definition) is 3. The maximum Gasteiger partial charge on any atom is 0.341 e. The molecule has 0 aromatic heterocycles. The van der Waals surface area contributed by atoms with Crippen molar-refractivity contribution in [2.24, 2.45) is 0 Å². The monoisotopic (exact) mass is 237 g/mol. The summed E-state index contributed by atoms with van der Waals surface area (Å²) in [5, 5.41) is 11.9. The highest BCUT2D eigenvalue weighted by atomic mass is 16.5. The maximum absolute atomic E-state index is 10.5. The average molecular weight is 237 g/mol. The summed E-state index contributed by atoms with van der Waals surface area (Å²) >= 11 is 0. The first kappa shape index (κ1) is 13.5. The Balaban J connectivity index is 2.60. The number of benzene rings is 1. The van der Waals surface area contributed by atoms with Gasteiger partial charge in [-0.25, -0.2) is 4.79 Å². The van der Waals surface area contributed by atoms with Gasteiger partial charge in [-0.15, -0.1) is 0 Å². The fraction of sp³-hybridized carbons (Fsp3) is 0.462. The van der Waals surface area contributed by atoms with Crippen LogP contribution in [-0.4, -0.2) is 23.7 Å². The second kappa shape index (κ2) is 6.91. The third kappa shape index (κ3) is 4.87.